The minimum Gasteiger partial charge on any atom is -0.386 e. The van der Waals surface area contributed by atoms with Crippen LogP contribution in [-0.2, 0) is 4.79 Å². The molecule has 0 amide bonds. The summed E-state index contributed by atoms with van der Waals surface area (Å²) in [5, 5.41) is 9.52. The van der Waals surface area contributed by atoms with E-state index in [2.05, 4.69) is 0 Å². The molecule has 0 spiro atoms. The summed E-state index contributed by atoms with van der Waals surface area (Å²) in [7, 11) is 0. The van der Waals surface area contributed by atoms with E-state index in [1.54, 1.807) is 12.1 Å². The Hall–Kier alpha value is -1.19. The van der Waals surface area contributed by atoms with Crippen LogP contribution in [0.4, 0.5) is 0 Å². The molecule has 0 aliphatic heterocycles. The zero-order valence-electron chi connectivity index (χ0n) is 7.47. The smallest absolute Gasteiger partial charge is 0.139 e. The maximum absolute atomic E-state index is 10.3. The van der Waals surface area contributed by atoms with Gasteiger partial charge in [0, 0.05) is 0 Å². The number of aryl methyl sites for hydroxylation is 1. The molecule has 0 aliphatic carbocycles. The van der Waals surface area contributed by atoms with E-state index < -0.39 is 12.1 Å². The maximum Gasteiger partial charge on any atom is 0.139 e. The minimum absolute atomic E-state index is 0.546. The van der Waals surface area contributed by atoms with Crippen molar-refractivity contribution in [3.05, 3.63) is 35.4 Å². The molecule has 1 aromatic carbocycles. The molecule has 0 bridgehead atoms. The van der Waals surface area contributed by atoms with E-state index in [0.29, 0.717) is 11.8 Å². The van der Waals surface area contributed by atoms with Crippen molar-refractivity contribution in [1.82, 2.24) is 0 Å². The highest BCUT2D eigenvalue weighted by Crippen LogP contribution is 2.14. The molecule has 0 aromatic heterocycles. The van der Waals surface area contributed by atoms with E-state index in [1.165, 1.54) is 0 Å². The largest absolute Gasteiger partial charge is 0.386 e. The summed E-state index contributed by atoms with van der Waals surface area (Å²) in [4.78, 5) is 10.3. The number of aliphatic hydroxyl groups excluding tert-OH is 1. The first-order valence-corrected chi connectivity index (χ1v) is 4.10. The molecule has 0 radical (unpaired) electrons. The van der Waals surface area contributed by atoms with Gasteiger partial charge in [-0.25, -0.2) is 0 Å². The van der Waals surface area contributed by atoms with Crippen LogP contribution < -0.4 is 5.73 Å². The van der Waals surface area contributed by atoms with E-state index >= 15 is 0 Å². The molecule has 1 aromatic rings. The predicted octanol–water partition coefficient (Wildman–Crippen LogP) is 0.555. The summed E-state index contributed by atoms with van der Waals surface area (Å²) in [6.45, 7) is 1.95. The standard InChI is InChI=1S/C10H13NO2/c1-7-2-4-8(5-3-7)10(13)9(11)6-12/h2-6,9-10,13H,11H2,1H3. The lowest BCUT2D eigenvalue weighted by molar-refractivity contribution is -0.111. The van der Waals surface area contributed by atoms with E-state index in [9.17, 15) is 9.90 Å². The minimum atomic E-state index is -0.905. The summed E-state index contributed by atoms with van der Waals surface area (Å²) in [5.74, 6) is 0. The van der Waals surface area contributed by atoms with Gasteiger partial charge in [0.2, 0.25) is 0 Å². The van der Waals surface area contributed by atoms with Crippen LogP contribution in [0, 0.1) is 6.92 Å². The highest BCUT2D eigenvalue weighted by molar-refractivity contribution is 5.58. The molecule has 3 N–H and O–H groups in total. The lowest BCUT2D eigenvalue weighted by atomic mass is 10.0. The lowest BCUT2D eigenvalue weighted by Crippen LogP contribution is -2.29. The van der Waals surface area contributed by atoms with Crippen LogP contribution in [0.5, 0.6) is 0 Å². The fourth-order valence-electron chi connectivity index (χ4n) is 1.06. The Bertz CT molecular complexity index is 281. The van der Waals surface area contributed by atoms with Crippen molar-refractivity contribution in [1.29, 1.82) is 0 Å². The normalized spacial score (nSPS) is 15.0. The quantitative estimate of drug-likeness (QED) is 0.666. The van der Waals surface area contributed by atoms with Crippen molar-refractivity contribution in [2.24, 2.45) is 5.73 Å². The second-order valence-electron chi connectivity index (χ2n) is 3.07. The maximum atomic E-state index is 10.3. The van der Waals surface area contributed by atoms with Gasteiger partial charge in [0.25, 0.3) is 0 Å². The molecule has 3 heteroatoms. The van der Waals surface area contributed by atoms with Gasteiger partial charge in [-0.05, 0) is 12.5 Å². The summed E-state index contributed by atoms with van der Waals surface area (Å²) >= 11 is 0. The van der Waals surface area contributed by atoms with Gasteiger partial charge in [-0.3, -0.25) is 0 Å². The van der Waals surface area contributed by atoms with Gasteiger partial charge in [0.15, 0.2) is 0 Å². The number of nitrogens with two attached hydrogens (primary N) is 1. The van der Waals surface area contributed by atoms with Crippen molar-refractivity contribution in [3.63, 3.8) is 0 Å². The molecule has 3 nitrogen and oxygen atoms in total. The lowest BCUT2D eigenvalue weighted by Gasteiger charge is -2.13. The number of carbonyl (C=O) groups excluding carboxylic acids is 1. The Balaban J connectivity index is 2.82. The highest BCUT2D eigenvalue weighted by Gasteiger charge is 2.15. The third-order valence-corrected chi connectivity index (χ3v) is 1.94. The van der Waals surface area contributed by atoms with Crippen molar-refractivity contribution >= 4 is 6.29 Å². The number of rotatable bonds is 3. The van der Waals surface area contributed by atoms with Crippen LogP contribution >= 0.6 is 0 Å². The monoisotopic (exact) mass is 179 g/mol. The number of aldehydes is 1. The van der Waals surface area contributed by atoms with Crippen LogP contribution in [0.1, 0.15) is 17.2 Å². The van der Waals surface area contributed by atoms with Crippen LogP contribution in [0.3, 0.4) is 0 Å². The third kappa shape index (κ3) is 2.37. The zero-order valence-corrected chi connectivity index (χ0v) is 7.47. The average molecular weight is 179 g/mol. The summed E-state index contributed by atoms with van der Waals surface area (Å²) in [6, 6.07) is 6.43. The molecule has 0 heterocycles. The molecular weight excluding hydrogens is 166 g/mol. The summed E-state index contributed by atoms with van der Waals surface area (Å²) < 4.78 is 0. The second-order valence-corrected chi connectivity index (χ2v) is 3.07. The summed E-state index contributed by atoms with van der Waals surface area (Å²) in [6.07, 6.45) is -0.358. The molecule has 0 saturated heterocycles. The van der Waals surface area contributed by atoms with Crippen molar-refractivity contribution in [2.75, 3.05) is 0 Å². The highest BCUT2D eigenvalue weighted by atomic mass is 16.3. The Morgan fingerprint density at radius 3 is 2.38 bits per heavy atom. The molecule has 1 rings (SSSR count). The van der Waals surface area contributed by atoms with Gasteiger partial charge >= 0.3 is 0 Å². The first-order chi connectivity index (χ1) is 6.15. The first kappa shape index (κ1) is 9.89. The van der Waals surface area contributed by atoms with Crippen molar-refractivity contribution < 1.29 is 9.90 Å². The van der Waals surface area contributed by atoms with E-state index in [1.807, 2.05) is 19.1 Å². The molecule has 70 valence electrons. The fraction of sp³-hybridized carbons (Fsp3) is 0.300. The molecule has 2 unspecified atom stereocenters. The predicted molar refractivity (Wildman–Crippen MR) is 50.2 cm³/mol. The van der Waals surface area contributed by atoms with E-state index in [-0.39, 0.29) is 0 Å². The van der Waals surface area contributed by atoms with Crippen molar-refractivity contribution in [3.8, 4) is 0 Å². The Morgan fingerprint density at radius 1 is 1.38 bits per heavy atom. The molecule has 2 atom stereocenters. The molecular formula is C10H13NO2. The SMILES string of the molecule is Cc1ccc(C(O)C(N)C=O)cc1. The van der Waals surface area contributed by atoms with Crippen LogP contribution in [0.25, 0.3) is 0 Å². The zero-order chi connectivity index (χ0) is 9.84. The first-order valence-electron chi connectivity index (χ1n) is 4.10. The molecule has 13 heavy (non-hydrogen) atoms. The van der Waals surface area contributed by atoms with Gasteiger partial charge in [0.1, 0.15) is 12.4 Å². The van der Waals surface area contributed by atoms with Crippen molar-refractivity contribution in [2.45, 2.75) is 19.1 Å². The van der Waals surface area contributed by atoms with Crippen LogP contribution in [0.15, 0.2) is 24.3 Å². The van der Waals surface area contributed by atoms with Crippen LogP contribution in [0.2, 0.25) is 0 Å². The number of carbonyl (C=O) groups is 1. The van der Waals surface area contributed by atoms with E-state index in [4.69, 9.17) is 5.73 Å². The molecule has 0 aliphatic rings. The fourth-order valence-corrected chi connectivity index (χ4v) is 1.06. The Labute approximate surface area is 77.2 Å². The van der Waals surface area contributed by atoms with Gasteiger partial charge in [0.05, 0.1) is 6.04 Å². The number of hydrogen-bond donors (Lipinski definition) is 2. The second kappa shape index (κ2) is 4.16. The topological polar surface area (TPSA) is 63.3 Å². The molecule has 0 fully saturated rings. The number of hydrogen-bond acceptors (Lipinski definition) is 3. The number of aliphatic hydroxyl groups is 1. The Kier molecular flexibility index (Phi) is 3.17. The summed E-state index contributed by atoms with van der Waals surface area (Å²) in [5.41, 5.74) is 7.15. The van der Waals surface area contributed by atoms with Crippen LogP contribution in [-0.4, -0.2) is 17.4 Å². The Morgan fingerprint density at radius 2 is 1.92 bits per heavy atom. The van der Waals surface area contributed by atoms with Gasteiger partial charge in [-0.2, -0.15) is 0 Å². The number of benzene rings is 1. The average Bonchev–Trinajstić information content (AvgIpc) is 2.17. The van der Waals surface area contributed by atoms with Gasteiger partial charge in [-0.1, -0.05) is 29.8 Å². The third-order valence-electron chi connectivity index (χ3n) is 1.94. The van der Waals surface area contributed by atoms with Gasteiger partial charge in [-0.15, -0.1) is 0 Å². The van der Waals surface area contributed by atoms with Gasteiger partial charge < -0.3 is 15.6 Å². The van der Waals surface area contributed by atoms with E-state index in [0.717, 1.165) is 5.56 Å². The molecule has 0 saturated carbocycles.